The molecule has 1 aromatic heterocycles. The lowest BCUT2D eigenvalue weighted by Crippen LogP contribution is -2.34. The summed E-state index contributed by atoms with van der Waals surface area (Å²) in [6.45, 7) is 2.68. The lowest BCUT2D eigenvalue weighted by Gasteiger charge is -2.26. The van der Waals surface area contributed by atoms with Gasteiger partial charge in [-0.2, -0.15) is 4.98 Å². The molecule has 134 valence electrons. The second-order valence-corrected chi connectivity index (χ2v) is 8.91. The summed E-state index contributed by atoms with van der Waals surface area (Å²) < 4.78 is 23.5. The van der Waals surface area contributed by atoms with E-state index in [0.29, 0.717) is 12.4 Å². The summed E-state index contributed by atoms with van der Waals surface area (Å²) in [5.41, 5.74) is 2.07. The van der Waals surface area contributed by atoms with E-state index < -0.39 is 9.84 Å². The minimum atomic E-state index is -2.93. The van der Waals surface area contributed by atoms with Gasteiger partial charge < -0.3 is 9.80 Å². The lowest BCUT2D eigenvalue weighted by molar-refractivity contribution is 0.600. The van der Waals surface area contributed by atoms with Crippen molar-refractivity contribution in [2.24, 2.45) is 0 Å². The van der Waals surface area contributed by atoms with Crippen LogP contribution in [-0.4, -0.2) is 50.0 Å². The van der Waals surface area contributed by atoms with E-state index >= 15 is 0 Å². The van der Waals surface area contributed by atoms with Crippen LogP contribution in [0.3, 0.4) is 0 Å². The van der Waals surface area contributed by atoms with Crippen molar-refractivity contribution >= 4 is 21.6 Å². The molecule has 3 rings (SSSR count). The van der Waals surface area contributed by atoms with Crippen LogP contribution in [0.5, 0.6) is 0 Å². The lowest BCUT2D eigenvalue weighted by atomic mass is 10.2. The maximum Gasteiger partial charge on any atom is 0.227 e. The highest BCUT2D eigenvalue weighted by atomic mass is 32.2. The van der Waals surface area contributed by atoms with Crippen LogP contribution in [0.25, 0.3) is 0 Å². The van der Waals surface area contributed by atoms with Gasteiger partial charge in [0.05, 0.1) is 11.5 Å². The number of hydrogen-bond donors (Lipinski definition) is 0. The zero-order valence-corrected chi connectivity index (χ0v) is 15.7. The van der Waals surface area contributed by atoms with Crippen molar-refractivity contribution in [3.63, 3.8) is 0 Å². The van der Waals surface area contributed by atoms with Crippen LogP contribution in [0, 0.1) is 6.92 Å². The standard InChI is InChI=1S/C18H24N4O2S/c1-14-11-17(21(2)12-15-7-5-4-6-8-15)20-18(19-14)22(3)16-9-10-25(23,24)13-16/h4-8,11,16H,9-10,12-13H2,1-3H3. The molecule has 0 N–H and O–H groups in total. The van der Waals surface area contributed by atoms with Crippen molar-refractivity contribution in [1.29, 1.82) is 0 Å². The molecule has 1 unspecified atom stereocenters. The smallest absolute Gasteiger partial charge is 0.227 e. The van der Waals surface area contributed by atoms with Gasteiger partial charge >= 0.3 is 0 Å². The number of hydrogen-bond acceptors (Lipinski definition) is 6. The number of aromatic nitrogens is 2. The molecule has 1 aromatic carbocycles. The van der Waals surface area contributed by atoms with Crippen molar-refractivity contribution in [3.8, 4) is 0 Å². The first kappa shape index (κ1) is 17.7. The third-order valence-corrected chi connectivity index (χ3v) is 6.30. The number of rotatable bonds is 5. The predicted molar refractivity (Wildman–Crippen MR) is 101 cm³/mol. The quantitative estimate of drug-likeness (QED) is 0.813. The Hall–Kier alpha value is -2.15. The summed E-state index contributed by atoms with van der Waals surface area (Å²) in [6, 6.07) is 12.1. The molecule has 0 bridgehead atoms. The van der Waals surface area contributed by atoms with Crippen molar-refractivity contribution in [2.75, 3.05) is 35.4 Å². The summed E-state index contributed by atoms with van der Waals surface area (Å²) in [5.74, 6) is 1.83. The summed E-state index contributed by atoms with van der Waals surface area (Å²) in [4.78, 5) is 13.2. The molecule has 0 aliphatic carbocycles. The zero-order valence-electron chi connectivity index (χ0n) is 14.9. The fourth-order valence-electron chi connectivity index (χ4n) is 3.07. The molecule has 2 aromatic rings. The Morgan fingerprint density at radius 3 is 2.52 bits per heavy atom. The molecule has 1 aliphatic heterocycles. The molecule has 7 heteroatoms. The third-order valence-electron chi connectivity index (χ3n) is 4.55. The van der Waals surface area contributed by atoms with Crippen LogP contribution in [0.1, 0.15) is 17.7 Å². The Morgan fingerprint density at radius 2 is 1.88 bits per heavy atom. The summed E-state index contributed by atoms with van der Waals surface area (Å²) >= 11 is 0. The van der Waals surface area contributed by atoms with Crippen LogP contribution < -0.4 is 9.80 Å². The molecule has 0 spiro atoms. The van der Waals surface area contributed by atoms with Crippen LogP contribution in [0.2, 0.25) is 0 Å². The Balaban J connectivity index is 1.80. The van der Waals surface area contributed by atoms with Gasteiger partial charge in [-0.1, -0.05) is 30.3 Å². The Morgan fingerprint density at radius 1 is 1.16 bits per heavy atom. The van der Waals surface area contributed by atoms with E-state index in [1.165, 1.54) is 5.56 Å². The van der Waals surface area contributed by atoms with E-state index in [1.807, 2.05) is 50.2 Å². The van der Waals surface area contributed by atoms with Crippen molar-refractivity contribution < 1.29 is 8.42 Å². The highest BCUT2D eigenvalue weighted by Crippen LogP contribution is 2.23. The molecule has 1 aliphatic rings. The SMILES string of the molecule is Cc1cc(N(C)Cc2ccccc2)nc(N(C)C2CCS(=O)(=O)C2)n1. The van der Waals surface area contributed by atoms with Crippen LogP contribution in [0.4, 0.5) is 11.8 Å². The topological polar surface area (TPSA) is 66.4 Å². The Bertz CT molecular complexity index is 839. The first-order valence-corrected chi connectivity index (χ1v) is 10.2. The van der Waals surface area contributed by atoms with Gasteiger partial charge in [-0.25, -0.2) is 13.4 Å². The van der Waals surface area contributed by atoms with Gasteiger partial charge in [0.25, 0.3) is 0 Å². The Kier molecular flexibility index (Phi) is 4.94. The molecular weight excluding hydrogens is 336 g/mol. The average Bonchev–Trinajstić information content (AvgIpc) is 2.94. The largest absolute Gasteiger partial charge is 0.355 e. The van der Waals surface area contributed by atoms with Crippen LogP contribution in [0.15, 0.2) is 36.4 Å². The summed E-state index contributed by atoms with van der Waals surface area (Å²) in [5, 5.41) is 0. The van der Waals surface area contributed by atoms with Crippen molar-refractivity contribution in [3.05, 3.63) is 47.7 Å². The molecule has 0 radical (unpaired) electrons. The predicted octanol–water partition coefficient (Wildman–Crippen LogP) is 2.04. The second-order valence-electron chi connectivity index (χ2n) is 6.68. The van der Waals surface area contributed by atoms with Gasteiger partial charge in [-0.05, 0) is 18.9 Å². The van der Waals surface area contributed by atoms with Gasteiger partial charge in [-0.15, -0.1) is 0 Å². The summed E-state index contributed by atoms with van der Waals surface area (Å²) in [6.07, 6.45) is 0.630. The van der Waals surface area contributed by atoms with Gasteiger partial charge in [0.15, 0.2) is 9.84 Å². The monoisotopic (exact) mass is 360 g/mol. The molecule has 25 heavy (non-hydrogen) atoms. The maximum atomic E-state index is 11.7. The molecular formula is C18H24N4O2S. The van der Waals surface area contributed by atoms with Gasteiger partial charge in [-0.3, -0.25) is 0 Å². The highest BCUT2D eigenvalue weighted by molar-refractivity contribution is 7.91. The average molecular weight is 360 g/mol. The number of anilines is 2. The number of benzene rings is 1. The minimum absolute atomic E-state index is 0.0564. The second kappa shape index (κ2) is 7.00. The van der Waals surface area contributed by atoms with Crippen LogP contribution >= 0.6 is 0 Å². The molecule has 0 saturated carbocycles. The van der Waals surface area contributed by atoms with Crippen molar-refractivity contribution in [1.82, 2.24) is 9.97 Å². The fraction of sp³-hybridized carbons (Fsp3) is 0.444. The molecule has 1 fully saturated rings. The third kappa shape index (κ3) is 4.28. The minimum Gasteiger partial charge on any atom is -0.355 e. The fourth-order valence-corrected chi connectivity index (χ4v) is 4.85. The Labute approximate surface area is 149 Å². The van der Waals surface area contributed by atoms with Crippen LogP contribution in [-0.2, 0) is 16.4 Å². The van der Waals surface area contributed by atoms with Gasteiger partial charge in [0.1, 0.15) is 5.82 Å². The summed E-state index contributed by atoms with van der Waals surface area (Å²) in [7, 11) is 0.941. The first-order valence-electron chi connectivity index (χ1n) is 8.38. The molecule has 2 heterocycles. The molecule has 0 amide bonds. The molecule has 6 nitrogen and oxygen atoms in total. The van der Waals surface area contributed by atoms with E-state index in [1.54, 1.807) is 0 Å². The number of aryl methyl sites for hydroxylation is 1. The normalized spacial score (nSPS) is 18.9. The zero-order chi connectivity index (χ0) is 18.0. The van der Waals surface area contributed by atoms with E-state index in [2.05, 4.69) is 27.0 Å². The first-order chi connectivity index (χ1) is 11.8. The van der Waals surface area contributed by atoms with E-state index in [9.17, 15) is 8.42 Å². The van der Waals surface area contributed by atoms with Gasteiger partial charge in [0.2, 0.25) is 5.95 Å². The van der Waals surface area contributed by atoms with E-state index in [4.69, 9.17) is 0 Å². The number of nitrogens with zero attached hydrogens (tertiary/aromatic N) is 4. The van der Waals surface area contributed by atoms with E-state index in [0.717, 1.165) is 18.1 Å². The van der Waals surface area contributed by atoms with E-state index in [-0.39, 0.29) is 17.5 Å². The highest BCUT2D eigenvalue weighted by Gasteiger charge is 2.32. The van der Waals surface area contributed by atoms with Gasteiger partial charge in [0, 0.05) is 38.4 Å². The molecule has 1 saturated heterocycles. The maximum absolute atomic E-state index is 11.7. The van der Waals surface area contributed by atoms with Crippen molar-refractivity contribution in [2.45, 2.75) is 25.9 Å². The molecule has 1 atom stereocenters. The number of sulfone groups is 1.